The molecule has 0 aliphatic carbocycles. The molecule has 5 nitrogen and oxygen atoms in total. The first-order valence-corrected chi connectivity index (χ1v) is 7.05. The van der Waals surface area contributed by atoms with Gasteiger partial charge in [0.25, 0.3) is 0 Å². The minimum absolute atomic E-state index is 0.0532. The van der Waals surface area contributed by atoms with E-state index >= 15 is 0 Å². The molecule has 1 atom stereocenters. The van der Waals surface area contributed by atoms with Gasteiger partial charge in [-0.1, -0.05) is 19.9 Å². The molecular weight excluding hydrogens is 311 g/mol. The van der Waals surface area contributed by atoms with Crippen LogP contribution in [0.3, 0.4) is 0 Å². The molecule has 126 valence electrons. The second-order valence-electron chi connectivity index (χ2n) is 5.67. The summed E-state index contributed by atoms with van der Waals surface area (Å²) in [6.45, 7) is 3.56. The Kier molecular flexibility index (Phi) is 4.93. The molecule has 0 fully saturated rings. The molecular formula is C15H18F3N3O2. The molecule has 0 amide bonds. The third-order valence-electron chi connectivity index (χ3n) is 3.63. The summed E-state index contributed by atoms with van der Waals surface area (Å²) in [5.74, 6) is -0.144. The molecule has 0 spiro atoms. The fourth-order valence-corrected chi connectivity index (χ4v) is 1.96. The van der Waals surface area contributed by atoms with Crippen molar-refractivity contribution in [3.63, 3.8) is 0 Å². The smallest absolute Gasteiger partial charge is 0.416 e. The van der Waals surface area contributed by atoms with Crippen LogP contribution < -0.4 is 4.74 Å². The average molecular weight is 329 g/mol. The topological polar surface area (TPSA) is 60.2 Å². The van der Waals surface area contributed by atoms with Crippen molar-refractivity contribution >= 4 is 0 Å². The minimum atomic E-state index is -4.44. The summed E-state index contributed by atoms with van der Waals surface area (Å²) in [5, 5.41) is 14.6. The van der Waals surface area contributed by atoms with Gasteiger partial charge in [-0.2, -0.15) is 18.3 Å². The lowest BCUT2D eigenvalue weighted by atomic mass is 9.91. The van der Waals surface area contributed by atoms with Crippen LogP contribution in [0.25, 0.3) is 0 Å². The Bertz CT molecular complexity index is 629. The number of hydrogen-bond donors (Lipinski definition) is 1. The highest BCUT2D eigenvalue weighted by Crippen LogP contribution is 2.31. The molecule has 0 aliphatic heterocycles. The van der Waals surface area contributed by atoms with Gasteiger partial charge < -0.3 is 9.84 Å². The van der Waals surface area contributed by atoms with E-state index in [0.29, 0.717) is 0 Å². The van der Waals surface area contributed by atoms with E-state index in [1.165, 1.54) is 29.5 Å². The quantitative estimate of drug-likeness (QED) is 0.885. The van der Waals surface area contributed by atoms with Crippen LogP contribution in [-0.4, -0.2) is 32.1 Å². The van der Waals surface area contributed by atoms with Crippen LogP contribution in [0.5, 0.6) is 5.75 Å². The molecule has 1 aromatic heterocycles. The zero-order chi connectivity index (χ0) is 17.1. The second-order valence-corrected chi connectivity index (χ2v) is 5.67. The second kappa shape index (κ2) is 6.57. The summed E-state index contributed by atoms with van der Waals surface area (Å²) in [5.41, 5.74) is -2.08. The van der Waals surface area contributed by atoms with Gasteiger partial charge in [-0.15, -0.1) is 0 Å². The molecule has 0 aliphatic rings. The number of ether oxygens (including phenoxy) is 1. The van der Waals surface area contributed by atoms with Crippen LogP contribution in [0.15, 0.2) is 36.9 Å². The van der Waals surface area contributed by atoms with E-state index in [1.807, 2.05) is 0 Å². The van der Waals surface area contributed by atoms with Gasteiger partial charge in [0.2, 0.25) is 0 Å². The van der Waals surface area contributed by atoms with Gasteiger partial charge in [0.05, 0.1) is 12.1 Å². The fraction of sp³-hybridized carbons (Fsp3) is 0.467. The van der Waals surface area contributed by atoms with Crippen LogP contribution in [0.2, 0.25) is 0 Å². The zero-order valence-corrected chi connectivity index (χ0v) is 12.8. The van der Waals surface area contributed by atoms with E-state index in [-0.39, 0.29) is 24.8 Å². The molecule has 1 N–H and O–H groups in total. The Morgan fingerprint density at radius 3 is 2.61 bits per heavy atom. The number of nitrogens with zero attached hydrogens (tertiary/aromatic N) is 3. The van der Waals surface area contributed by atoms with Crippen molar-refractivity contribution in [3.05, 3.63) is 42.5 Å². The van der Waals surface area contributed by atoms with Crippen molar-refractivity contribution in [3.8, 4) is 5.75 Å². The number of hydrogen-bond acceptors (Lipinski definition) is 4. The maximum atomic E-state index is 12.7. The number of halogens is 3. The maximum Gasteiger partial charge on any atom is 0.416 e. The zero-order valence-electron chi connectivity index (χ0n) is 12.8. The summed E-state index contributed by atoms with van der Waals surface area (Å²) in [6, 6.07) is 4.57. The van der Waals surface area contributed by atoms with Crippen LogP contribution in [-0.2, 0) is 12.7 Å². The lowest BCUT2D eigenvalue weighted by Crippen LogP contribution is -2.45. The summed E-state index contributed by atoms with van der Waals surface area (Å²) in [4.78, 5) is 3.80. The number of rotatable bonds is 6. The molecule has 0 bridgehead atoms. The normalized spacial score (nSPS) is 14.7. The number of alkyl halides is 3. The van der Waals surface area contributed by atoms with Gasteiger partial charge in [0, 0.05) is 0 Å². The molecule has 0 radical (unpaired) electrons. The average Bonchev–Trinajstić information content (AvgIpc) is 2.97. The first kappa shape index (κ1) is 17.3. The van der Waals surface area contributed by atoms with Crippen molar-refractivity contribution in [2.75, 3.05) is 6.61 Å². The first-order valence-electron chi connectivity index (χ1n) is 7.05. The first-order chi connectivity index (χ1) is 10.7. The van der Waals surface area contributed by atoms with Gasteiger partial charge in [0.1, 0.15) is 30.6 Å². The van der Waals surface area contributed by atoms with Crippen molar-refractivity contribution < 1.29 is 23.0 Å². The minimum Gasteiger partial charge on any atom is -0.490 e. The molecule has 2 aromatic rings. The van der Waals surface area contributed by atoms with E-state index in [1.54, 1.807) is 13.8 Å². The molecule has 0 saturated heterocycles. The molecule has 8 heteroatoms. The number of aromatic nitrogens is 3. The molecule has 23 heavy (non-hydrogen) atoms. The number of benzene rings is 1. The Morgan fingerprint density at radius 1 is 1.30 bits per heavy atom. The van der Waals surface area contributed by atoms with Crippen molar-refractivity contribution in [2.24, 2.45) is 5.92 Å². The highest BCUT2D eigenvalue weighted by molar-refractivity contribution is 5.30. The SMILES string of the molecule is CC(C)C(O)(COc1cccc(C(F)(F)F)c1)Cn1cncn1. The van der Waals surface area contributed by atoms with Crippen LogP contribution in [0.4, 0.5) is 13.2 Å². The van der Waals surface area contributed by atoms with Crippen molar-refractivity contribution in [1.29, 1.82) is 0 Å². The van der Waals surface area contributed by atoms with Gasteiger partial charge in [-0.05, 0) is 24.1 Å². The predicted octanol–water partition coefficient (Wildman–Crippen LogP) is 2.76. The highest BCUT2D eigenvalue weighted by atomic mass is 19.4. The standard InChI is InChI=1S/C15H18F3N3O2/c1-11(2)14(22,7-21-10-19-9-20-21)8-23-13-5-3-4-12(6-13)15(16,17)18/h3-6,9-11,22H,7-8H2,1-2H3. The Labute approximate surface area is 131 Å². The summed E-state index contributed by atoms with van der Waals surface area (Å²) in [7, 11) is 0. The van der Waals surface area contributed by atoms with Crippen molar-refractivity contribution in [2.45, 2.75) is 32.2 Å². The van der Waals surface area contributed by atoms with E-state index in [9.17, 15) is 18.3 Å². The molecule has 1 aromatic carbocycles. The Morgan fingerprint density at radius 2 is 2.04 bits per heavy atom. The lowest BCUT2D eigenvalue weighted by Gasteiger charge is -2.31. The molecule has 1 unspecified atom stereocenters. The maximum absolute atomic E-state index is 12.7. The van der Waals surface area contributed by atoms with Gasteiger partial charge >= 0.3 is 6.18 Å². The number of aliphatic hydroxyl groups is 1. The monoisotopic (exact) mass is 329 g/mol. The van der Waals surface area contributed by atoms with Gasteiger partial charge in [0.15, 0.2) is 0 Å². The van der Waals surface area contributed by atoms with E-state index in [4.69, 9.17) is 4.74 Å². The van der Waals surface area contributed by atoms with E-state index in [2.05, 4.69) is 10.1 Å². The Hall–Kier alpha value is -2.09. The van der Waals surface area contributed by atoms with Crippen LogP contribution >= 0.6 is 0 Å². The molecule has 2 rings (SSSR count). The summed E-state index contributed by atoms with van der Waals surface area (Å²) >= 11 is 0. The third kappa shape index (κ3) is 4.44. The third-order valence-corrected chi connectivity index (χ3v) is 3.63. The van der Waals surface area contributed by atoms with Crippen LogP contribution in [0, 0.1) is 5.92 Å². The molecule has 0 saturated carbocycles. The Balaban J connectivity index is 2.10. The van der Waals surface area contributed by atoms with Gasteiger partial charge in [-0.25, -0.2) is 9.67 Å². The van der Waals surface area contributed by atoms with Crippen LogP contribution in [0.1, 0.15) is 19.4 Å². The van der Waals surface area contributed by atoms with Crippen molar-refractivity contribution in [1.82, 2.24) is 14.8 Å². The lowest BCUT2D eigenvalue weighted by molar-refractivity contribution is -0.137. The predicted molar refractivity (Wildman–Crippen MR) is 76.7 cm³/mol. The van der Waals surface area contributed by atoms with Gasteiger partial charge in [-0.3, -0.25) is 0 Å². The van der Waals surface area contributed by atoms with E-state index in [0.717, 1.165) is 12.1 Å². The summed E-state index contributed by atoms with van der Waals surface area (Å²) < 4.78 is 45.0. The fourth-order valence-electron chi connectivity index (χ4n) is 1.96. The highest BCUT2D eigenvalue weighted by Gasteiger charge is 2.34. The largest absolute Gasteiger partial charge is 0.490 e. The molecule has 1 heterocycles. The van der Waals surface area contributed by atoms with E-state index < -0.39 is 17.3 Å². The summed E-state index contributed by atoms with van der Waals surface area (Å²) in [6.07, 6.45) is -1.64.